The Labute approximate surface area is 106 Å². The highest BCUT2D eigenvalue weighted by atomic mass is 16.2. The maximum atomic E-state index is 12.1. The van der Waals surface area contributed by atoms with Crippen LogP contribution in [0.3, 0.4) is 0 Å². The number of hydrogen-bond acceptors (Lipinski definition) is 3. The number of rotatable bonds is 2. The lowest BCUT2D eigenvalue weighted by Crippen LogP contribution is -2.31. The summed E-state index contributed by atoms with van der Waals surface area (Å²) in [4.78, 5) is 16.2. The van der Waals surface area contributed by atoms with E-state index in [2.05, 4.69) is 10.3 Å². The first-order valence-electron chi connectivity index (χ1n) is 6.77. The average Bonchev–Trinajstić information content (AvgIpc) is 2.77. The molecule has 3 aliphatic rings. The first kappa shape index (κ1) is 10.4. The van der Waals surface area contributed by atoms with E-state index in [0.29, 0.717) is 17.4 Å². The van der Waals surface area contributed by atoms with Gasteiger partial charge in [-0.3, -0.25) is 4.79 Å². The zero-order chi connectivity index (χ0) is 12.3. The number of aromatic nitrogens is 1. The smallest absolute Gasteiger partial charge is 0.272 e. The largest absolute Gasteiger partial charge is 0.397 e. The molecule has 18 heavy (non-hydrogen) atoms. The number of anilines is 1. The molecule has 4 rings (SSSR count). The second kappa shape index (κ2) is 3.46. The fraction of sp³-hybridized carbons (Fsp3) is 0.571. The van der Waals surface area contributed by atoms with Gasteiger partial charge < -0.3 is 11.1 Å². The first-order chi connectivity index (χ1) is 8.75. The zero-order valence-electron chi connectivity index (χ0n) is 10.2. The van der Waals surface area contributed by atoms with Crippen LogP contribution in [0.25, 0.3) is 0 Å². The number of carbonyl (C=O) groups is 1. The summed E-state index contributed by atoms with van der Waals surface area (Å²) in [5.41, 5.74) is 6.61. The number of pyridine rings is 1. The van der Waals surface area contributed by atoms with Gasteiger partial charge in [-0.1, -0.05) is 0 Å². The molecule has 4 unspecified atom stereocenters. The Morgan fingerprint density at radius 1 is 1.33 bits per heavy atom. The van der Waals surface area contributed by atoms with Crippen molar-refractivity contribution in [3.63, 3.8) is 0 Å². The van der Waals surface area contributed by atoms with Crippen LogP contribution in [0.4, 0.5) is 5.69 Å². The first-order valence-corrected chi connectivity index (χ1v) is 6.77. The lowest BCUT2D eigenvalue weighted by Gasteiger charge is -2.11. The van der Waals surface area contributed by atoms with Gasteiger partial charge in [-0.2, -0.15) is 0 Å². The predicted molar refractivity (Wildman–Crippen MR) is 67.7 cm³/mol. The maximum absolute atomic E-state index is 12.1. The summed E-state index contributed by atoms with van der Waals surface area (Å²) in [5.74, 6) is 3.12. The third-order valence-electron chi connectivity index (χ3n) is 5.09. The van der Waals surface area contributed by atoms with Gasteiger partial charge in [0, 0.05) is 12.2 Å². The van der Waals surface area contributed by atoms with E-state index < -0.39 is 0 Å². The van der Waals surface area contributed by atoms with Gasteiger partial charge in [0.1, 0.15) is 0 Å². The van der Waals surface area contributed by atoms with E-state index in [-0.39, 0.29) is 5.91 Å². The Kier molecular flexibility index (Phi) is 1.99. The van der Waals surface area contributed by atoms with Crippen molar-refractivity contribution in [2.24, 2.45) is 23.7 Å². The highest BCUT2D eigenvalue weighted by molar-refractivity contribution is 5.97. The highest BCUT2D eigenvalue weighted by Crippen LogP contribution is 2.65. The summed E-state index contributed by atoms with van der Waals surface area (Å²) in [6.45, 7) is 0. The molecule has 94 valence electrons. The van der Waals surface area contributed by atoms with Crippen LogP contribution in [-0.4, -0.2) is 16.9 Å². The summed E-state index contributed by atoms with van der Waals surface area (Å²) < 4.78 is 0. The Balaban J connectivity index is 1.48. The van der Waals surface area contributed by atoms with Crippen molar-refractivity contribution in [1.82, 2.24) is 10.3 Å². The molecule has 4 nitrogen and oxygen atoms in total. The molecule has 0 spiro atoms. The highest BCUT2D eigenvalue weighted by Gasteiger charge is 2.65. The zero-order valence-corrected chi connectivity index (χ0v) is 10.2. The van der Waals surface area contributed by atoms with Crippen molar-refractivity contribution >= 4 is 11.6 Å². The van der Waals surface area contributed by atoms with Gasteiger partial charge in [-0.25, -0.2) is 4.98 Å². The number of fused-ring (bicyclic) bond motifs is 5. The molecule has 4 atom stereocenters. The third kappa shape index (κ3) is 1.32. The van der Waals surface area contributed by atoms with Crippen LogP contribution >= 0.6 is 0 Å². The molecule has 3 aliphatic carbocycles. The second-order valence-corrected chi connectivity index (χ2v) is 5.93. The Morgan fingerprint density at radius 3 is 2.72 bits per heavy atom. The standard InChI is InChI=1S/C14H17N3O/c15-9-2-1-5-16-12(9)14(18)17-13-10-7-3-4-8(6-7)11(10)13/h1-2,5,7-8,10-11,13H,3-4,6,15H2,(H,17,18). The molecule has 1 aromatic rings. The summed E-state index contributed by atoms with van der Waals surface area (Å²) >= 11 is 0. The Hall–Kier alpha value is -1.58. The van der Waals surface area contributed by atoms with Gasteiger partial charge in [0.05, 0.1) is 5.69 Å². The minimum atomic E-state index is -0.105. The van der Waals surface area contributed by atoms with Crippen molar-refractivity contribution in [1.29, 1.82) is 0 Å². The van der Waals surface area contributed by atoms with E-state index in [0.717, 1.165) is 23.7 Å². The van der Waals surface area contributed by atoms with E-state index >= 15 is 0 Å². The van der Waals surface area contributed by atoms with Crippen molar-refractivity contribution in [2.45, 2.75) is 25.3 Å². The molecule has 0 radical (unpaired) electrons. The summed E-state index contributed by atoms with van der Waals surface area (Å²) in [6.07, 6.45) is 5.74. The number of nitrogens with two attached hydrogens (primary N) is 1. The lowest BCUT2D eigenvalue weighted by atomic mass is 10.0. The van der Waals surface area contributed by atoms with Crippen LogP contribution in [0, 0.1) is 23.7 Å². The van der Waals surface area contributed by atoms with Crippen LogP contribution in [0.2, 0.25) is 0 Å². The van der Waals surface area contributed by atoms with Crippen molar-refractivity contribution in [2.75, 3.05) is 5.73 Å². The van der Waals surface area contributed by atoms with Crippen LogP contribution in [0.15, 0.2) is 18.3 Å². The van der Waals surface area contributed by atoms with Crippen molar-refractivity contribution in [3.8, 4) is 0 Å². The normalized spacial score (nSPS) is 39.4. The molecule has 3 saturated carbocycles. The molecule has 3 N–H and O–H groups in total. The van der Waals surface area contributed by atoms with Gasteiger partial charge in [0.25, 0.3) is 5.91 Å². The van der Waals surface area contributed by atoms with Gasteiger partial charge in [0.2, 0.25) is 0 Å². The number of hydrogen-bond donors (Lipinski definition) is 2. The molecular formula is C14H17N3O. The van der Waals surface area contributed by atoms with E-state index in [1.165, 1.54) is 19.3 Å². The number of nitrogens with one attached hydrogen (secondary N) is 1. The molecule has 3 fully saturated rings. The topological polar surface area (TPSA) is 68.0 Å². The third-order valence-corrected chi connectivity index (χ3v) is 5.09. The molecule has 2 bridgehead atoms. The van der Waals surface area contributed by atoms with Gasteiger partial charge in [0.15, 0.2) is 5.69 Å². The van der Waals surface area contributed by atoms with Gasteiger partial charge in [-0.15, -0.1) is 0 Å². The summed E-state index contributed by atoms with van der Waals surface area (Å²) in [7, 11) is 0. The van der Waals surface area contributed by atoms with E-state index in [1.807, 2.05) is 0 Å². The van der Waals surface area contributed by atoms with Gasteiger partial charge in [-0.05, 0) is 55.1 Å². The fourth-order valence-electron chi connectivity index (χ4n) is 4.35. The molecule has 0 saturated heterocycles. The Morgan fingerprint density at radius 2 is 2.06 bits per heavy atom. The molecule has 1 heterocycles. The molecule has 1 amide bonds. The van der Waals surface area contributed by atoms with Gasteiger partial charge >= 0.3 is 0 Å². The molecular weight excluding hydrogens is 226 g/mol. The molecule has 4 heteroatoms. The molecule has 0 aliphatic heterocycles. The lowest BCUT2D eigenvalue weighted by molar-refractivity contribution is 0.0940. The van der Waals surface area contributed by atoms with Crippen molar-refractivity contribution in [3.05, 3.63) is 24.0 Å². The van der Waals surface area contributed by atoms with Crippen LogP contribution in [-0.2, 0) is 0 Å². The Bertz CT molecular complexity index is 500. The van der Waals surface area contributed by atoms with Crippen LogP contribution in [0.5, 0.6) is 0 Å². The SMILES string of the molecule is Nc1cccnc1C(=O)NC1C2C3CCC(C3)C12. The number of amides is 1. The van der Waals surface area contributed by atoms with E-state index in [9.17, 15) is 4.79 Å². The number of carbonyl (C=O) groups excluding carboxylic acids is 1. The quantitative estimate of drug-likeness (QED) is 0.825. The maximum Gasteiger partial charge on any atom is 0.272 e. The second-order valence-electron chi connectivity index (χ2n) is 5.93. The summed E-state index contributed by atoms with van der Waals surface area (Å²) in [5, 5.41) is 3.13. The van der Waals surface area contributed by atoms with E-state index in [1.54, 1.807) is 18.3 Å². The fourth-order valence-corrected chi connectivity index (χ4v) is 4.35. The number of nitrogen functional groups attached to an aromatic ring is 1. The van der Waals surface area contributed by atoms with Crippen LogP contribution in [0.1, 0.15) is 29.8 Å². The predicted octanol–water partition coefficient (Wildman–Crippen LogP) is 1.44. The molecule has 1 aromatic heterocycles. The average molecular weight is 243 g/mol. The van der Waals surface area contributed by atoms with Crippen molar-refractivity contribution < 1.29 is 4.79 Å². The monoisotopic (exact) mass is 243 g/mol. The van der Waals surface area contributed by atoms with E-state index in [4.69, 9.17) is 5.73 Å². The minimum Gasteiger partial charge on any atom is -0.397 e. The minimum absolute atomic E-state index is 0.105. The summed E-state index contributed by atoms with van der Waals surface area (Å²) in [6, 6.07) is 3.86. The van der Waals surface area contributed by atoms with Crippen LogP contribution < -0.4 is 11.1 Å². The molecule has 0 aromatic carbocycles. The number of nitrogens with zero attached hydrogens (tertiary/aromatic N) is 1.